The number of piperidine rings is 1. The second-order valence-corrected chi connectivity index (χ2v) is 7.71. The quantitative estimate of drug-likeness (QED) is 0.894. The van der Waals surface area contributed by atoms with Crippen LogP contribution in [0.25, 0.3) is 0 Å². The van der Waals surface area contributed by atoms with Crippen LogP contribution in [0, 0.1) is 17.8 Å². The number of carboxylic acids is 1. The molecule has 25 heavy (non-hydrogen) atoms. The van der Waals surface area contributed by atoms with Gasteiger partial charge in [-0.15, -0.1) is 0 Å². The minimum absolute atomic E-state index is 0.0953. The van der Waals surface area contributed by atoms with E-state index in [0.717, 1.165) is 32.6 Å². The highest BCUT2D eigenvalue weighted by Gasteiger charge is 2.57. The largest absolute Gasteiger partial charge is 0.481 e. The molecule has 6 nitrogen and oxygen atoms in total. The maximum atomic E-state index is 14.3. The molecule has 8 heteroatoms. The van der Waals surface area contributed by atoms with Crippen LogP contribution >= 0.6 is 0 Å². The van der Waals surface area contributed by atoms with Crippen molar-refractivity contribution in [1.29, 1.82) is 0 Å². The van der Waals surface area contributed by atoms with Crippen LogP contribution in [-0.4, -0.2) is 47.2 Å². The van der Waals surface area contributed by atoms with E-state index in [4.69, 9.17) is 5.11 Å². The first-order chi connectivity index (χ1) is 11.9. The van der Waals surface area contributed by atoms with Crippen LogP contribution < -0.4 is 9.80 Å². The molecule has 0 bridgehead atoms. The Kier molecular flexibility index (Phi) is 3.07. The fraction of sp³-hybridized carbons (Fsp3) is 0.706. The number of carboxylic acid groups (broad SMARTS) is 1. The van der Waals surface area contributed by atoms with Crippen LogP contribution in [0.15, 0.2) is 0 Å². The molecule has 0 radical (unpaired) electrons. The maximum Gasteiger partial charge on any atom is 0.303 e. The van der Waals surface area contributed by atoms with Crippen molar-refractivity contribution in [1.82, 2.24) is 9.97 Å². The van der Waals surface area contributed by atoms with Crippen LogP contribution in [0.2, 0.25) is 0 Å². The molecule has 2 atom stereocenters. The summed E-state index contributed by atoms with van der Waals surface area (Å²) in [5.41, 5.74) is 0.493. The Labute approximate surface area is 143 Å². The summed E-state index contributed by atoms with van der Waals surface area (Å²) < 4.78 is 28.5. The molecule has 2 aliphatic carbocycles. The zero-order valence-electron chi connectivity index (χ0n) is 13.8. The lowest BCUT2D eigenvalue weighted by Gasteiger charge is -2.33. The van der Waals surface area contributed by atoms with Crippen LogP contribution in [0.5, 0.6) is 0 Å². The number of hydrogen-bond acceptors (Lipinski definition) is 5. The number of carbonyl (C=O) groups is 1. The molecule has 1 N–H and O–H groups in total. The SMILES string of the molecule is O=C(O)CC1C2CN(c3nc(N4CCC4)nc4c3CCC4(F)F)CC12. The molecule has 2 unspecified atom stereocenters. The first-order valence-electron chi connectivity index (χ1n) is 8.95. The fourth-order valence-corrected chi connectivity index (χ4v) is 4.64. The monoisotopic (exact) mass is 350 g/mol. The van der Waals surface area contributed by atoms with Crippen molar-refractivity contribution in [3.8, 4) is 0 Å². The molecular weight excluding hydrogens is 330 g/mol. The van der Waals surface area contributed by atoms with E-state index in [0.29, 0.717) is 35.6 Å². The number of rotatable bonds is 4. The summed E-state index contributed by atoms with van der Waals surface area (Å²) in [5.74, 6) is -1.60. The fourth-order valence-electron chi connectivity index (χ4n) is 4.64. The van der Waals surface area contributed by atoms with E-state index in [1.165, 1.54) is 0 Å². The highest BCUT2D eigenvalue weighted by atomic mass is 19.3. The number of aliphatic carboxylic acids is 1. The van der Waals surface area contributed by atoms with E-state index >= 15 is 0 Å². The predicted molar refractivity (Wildman–Crippen MR) is 86.0 cm³/mol. The van der Waals surface area contributed by atoms with Gasteiger partial charge in [0.05, 0.1) is 0 Å². The molecule has 3 fully saturated rings. The third-order valence-corrected chi connectivity index (χ3v) is 6.23. The van der Waals surface area contributed by atoms with E-state index in [-0.39, 0.29) is 24.5 Å². The Hall–Kier alpha value is -1.99. The standard InChI is InChI=1S/C17H20F2N4O2/c18-17(19)3-2-9-14(17)20-16(22-4-1-5-22)21-15(9)23-7-11-10(6-13(24)25)12(11)8-23/h10-12H,1-8H2,(H,24,25). The second-order valence-electron chi connectivity index (χ2n) is 7.71. The molecule has 1 saturated carbocycles. The summed E-state index contributed by atoms with van der Waals surface area (Å²) in [6.07, 6.45) is 1.36. The van der Waals surface area contributed by atoms with Gasteiger partial charge in [0.2, 0.25) is 5.95 Å². The Morgan fingerprint density at radius 2 is 1.92 bits per heavy atom. The summed E-state index contributed by atoms with van der Waals surface area (Å²) in [7, 11) is 0. The van der Waals surface area contributed by atoms with Gasteiger partial charge in [-0.1, -0.05) is 0 Å². The minimum atomic E-state index is -2.87. The van der Waals surface area contributed by atoms with Crippen molar-refractivity contribution in [2.75, 3.05) is 36.0 Å². The minimum Gasteiger partial charge on any atom is -0.481 e. The van der Waals surface area contributed by atoms with Crippen molar-refractivity contribution in [3.63, 3.8) is 0 Å². The lowest BCUT2D eigenvalue weighted by Crippen LogP contribution is -2.39. The van der Waals surface area contributed by atoms with Gasteiger partial charge in [-0.05, 0) is 30.6 Å². The molecule has 0 aromatic carbocycles. The highest BCUT2D eigenvalue weighted by molar-refractivity contribution is 5.68. The van der Waals surface area contributed by atoms with Gasteiger partial charge in [0.15, 0.2) is 0 Å². The molecular formula is C17H20F2N4O2. The number of nitrogens with zero attached hydrogens (tertiary/aromatic N) is 4. The topological polar surface area (TPSA) is 69.6 Å². The third-order valence-electron chi connectivity index (χ3n) is 6.23. The van der Waals surface area contributed by atoms with Gasteiger partial charge in [-0.2, -0.15) is 13.8 Å². The smallest absolute Gasteiger partial charge is 0.303 e. The second kappa shape index (κ2) is 5.02. The molecule has 2 aliphatic heterocycles. The van der Waals surface area contributed by atoms with Gasteiger partial charge in [0.1, 0.15) is 11.5 Å². The van der Waals surface area contributed by atoms with Crippen molar-refractivity contribution in [2.45, 2.75) is 31.6 Å². The van der Waals surface area contributed by atoms with E-state index in [1.807, 2.05) is 4.90 Å². The van der Waals surface area contributed by atoms with E-state index < -0.39 is 11.9 Å². The number of hydrogen-bond donors (Lipinski definition) is 1. The van der Waals surface area contributed by atoms with Crippen LogP contribution in [0.3, 0.4) is 0 Å². The summed E-state index contributed by atoms with van der Waals surface area (Å²) in [4.78, 5) is 23.8. The van der Waals surface area contributed by atoms with Crippen LogP contribution in [-0.2, 0) is 17.1 Å². The van der Waals surface area contributed by atoms with Gasteiger partial charge in [-0.3, -0.25) is 4.79 Å². The molecule has 0 amide bonds. The number of aromatic nitrogens is 2. The average molecular weight is 350 g/mol. The van der Waals surface area contributed by atoms with Crippen molar-refractivity contribution < 1.29 is 18.7 Å². The molecule has 2 saturated heterocycles. The lowest BCUT2D eigenvalue weighted by molar-refractivity contribution is -0.137. The Balaban J connectivity index is 1.44. The van der Waals surface area contributed by atoms with Gasteiger partial charge in [0, 0.05) is 44.6 Å². The van der Waals surface area contributed by atoms with E-state index in [1.54, 1.807) is 0 Å². The van der Waals surface area contributed by atoms with Crippen molar-refractivity contribution >= 4 is 17.7 Å². The zero-order chi connectivity index (χ0) is 17.3. The van der Waals surface area contributed by atoms with Gasteiger partial charge < -0.3 is 14.9 Å². The highest BCUT2D eigenvalue weighted by Crippen LogP contribution is 2.55. The zero-order valence-corrected chi connectivity index (χ0v) is 13.8. The summed E-state index contributed by atoms with van der Waals surface area (Å²) in [5, 5.41) is 8.95. The molecule has 4 aliphatic rings. The first-order valence-corrected chi connectivity index (χ1v) is 8.95. The summed E-state index contributed by atoms with van der Waals surface area (Å²) in [6.45, 7) is 3.07. The summed E-state index contributed by atoms with van der Waals surface area (Å²) >= 11 is 0. The molecule has 5 rings (SSSR count). The Bertz CT molecular complexity index is 740. The molecule has 3 heterocycles. The maximum absolute atomic E-state index is 14.3. The van der Waals surface area contributed by atoms with Gasteiger partial charge in [-0.25, -0.2) is 4.98 Å². The van der Waals surface area contributed by atoms with Crippen LogP contribution in [0.4, 0.5) is 20.5 Å². The number of anilines is 2. The Morgan fingerprint density at radius 3 is 2.52 bits per heavy atom. The summed E-state index contributed by atoms with van der Waals surface area (Å²) in [6, 6.07) is 0. The van der Waals surface area contributed by atoms with Crippen molar-refractivity contribution in [2.24, 2.45) is 17.8 Å². The number of fused-ring (bicyclic) bond motifs is 2. The average Bonchev–Trinajstić information content (AvgIpc) is 2.85. The molecule has 1 aromatic heterocycles. The molecule has 134 valence electrons. The van der Waals surface area contributed by atoms with Gasteiger partial charge in [0.25, 0.3) is 5.92 Å². The molecule has 1 aromatic rings. The number of alkyl halides is 2. The molecule has 0 spiro atoms. The van der Waals surface area contributed by atoms with E-state index in [2.05, 4.69) is 14.9 Å². The first kappa shape index (κ1) is 15.3. The lowest BCUT2D eigenvalue weighted by atomic mass is 10.1. The van der Waals surface area contributed by atoms with Gasteiger partial charge >= 0.3 is 5.97 Å². The normalized spacial score (nSPS) is 31.5. The Morgan fingerprint density at radius 1 is 1.20 bits per heavy atom. The van der Waals surface area contributed by atoms with Crippen LogP contribution in [0.1, 0.15) is 30.5 Å². The van der Waals surface area contributed by atoms with E-state index in [9.17, 15) is 13.6 Å². The third kappa shape index (κ3) is 2.29. The number of halogens is 2. The van der Waals surface area contributed by atoms with Crippen molar-refractivity contribution in [3.05, 3.63) is 11.3 Å². The predicted octanol–water partition coefficient (Wildman–Crippen LogP) is 1.88.